The Hall–Kier alpha value is -2.86. The third kappa shape index (κ3) is 3.97. The number of hydrogen-bond donors (Lipinski definition) is 0. The molecule has 0 fully saturated rings. The van der Waals surface area contributed by atoms with Gasteiger partial charge in [-0.25, -0.2) is 0 Å². The predicted octanol–water partition coefficient (Wildman–Crippen LogP) is 6.84. The Bertz CT molecular complexity index is 807. The van der Waals surface area contributed by atoms with Crippen LogP contribution in [0.3, 0.4) is 0 Å². The van der Waals surface area contributed by atoms with Gasteiger partial charge < -0.3 is 0 Å². The highest BCUT2D eigenvalue weighted by Gasteiger charge is 2.12. The first-order chi connectivity index (χ1) is 12.0. The van der Waals surface area contributed by atoms with Crippen LogP contribution in [0.5, 0.6) is 0 Å². The largest absolute Gasteiger partial charge is 0.0909 e. The van der Waals surface area contributed by atoms with Crippen LogP contribution in [0.15, 0.2) is 97.1 Å². The molecule has 0 saturated carbocycles. The molecule has 0 heterocycles. The molecule has 0 spiro atoms. The molecule has 0 bridgehead atoms. The molecule has 2 aromatic carbocycles. The van der Waals surface area contributed by atoms with Crippen LogP contribution in [0, 0.1) is 13.8 Å². The van der Waals surface area contributed by atoms with Gasteiger partial charge in [-0.3, -0.25) is 0 Å². The average Bonchev–Trinajstić information content (AvgIpc) is 2.88. The van der Waals surface area contributed by atoms with Crippen molar-refractivity contribution in [2.24, 2.45) is 0 Å². The van der Waals surface area contributed by atoms with Crippen molar-refractivity contribution in [3.05, 3.63) is 119 Å². The van der Waals surface area contributed by atoms with E-state index in [4.69, 9.17) is 0 Å². The van der Waals surface area contributed by atoms with Crippen LogP contribution in [0.2, 0.25) is 0 Å². The van der Waals surface area contributed by atoms with Gasteiger partial charge in [0, 0.05) is 0 Å². The Kier molecular flexibility index (Phi) is 5.00. The molecule has 1 aliphatic carbocycles. The summed E-state index contributed by atoms with van der Waals surface area (Å²) in [6.45, 7) is 12.9. The monoisotopic (exact) mass is 324 g/mol. The fraction of sp³-hybridized carbons (Fsp3) is 0.120. The SMILES string of the molecule is C=C(C1=CC=CC=C(C(=C)c2ccc(C)cc2)C1)c1ccc(C)cc1. The molecule has 0 atom stereocenters. The van der Waals surface area contributed by atoms with Gasteiger partial charge in [-0.05, 0) is 53.7 Å². The first-order valence-electron chi connectivity index (χ1n) is 8.63. The van der Waals surface area contributed by atoms with Gasteiger partial charge in [0.1, 0.15) is 0 Å². The van der Waals surface area contributed by atoms with E-state index in [1.807, 2.05) is 0 Å². The van der Waals surface area contributed by atoms with E-state index < -0.39 is 0 Å². The molecule has 3 rings (SSSR count). The molecule has 1 aliphatic rings. The lowest BCUT2D eigenvalue weighted by atomic mass is 9.89. The standard InChI is InChI=1S/C25H24/c1-18-9-13-22(14-10-18)20(3)24-7-5-6-8-25(17-24)21(4)23-15-11-19(2)12-16-23/h5-16H,3-4,17H2,1-2H3. The average molecular weight is 324 g/mol. The van der Waals surface area contributed by atoms with Crippen LogP contribution >= 0.6 is 0 Å². The lowest BCUT2D eigenvalue weighted by Crippen LogP contribution is -1.95. The van der Waals surface area contributed by atoms with Crippen LogP contribution in [0.25, 0.3) is 11.1 Å². The second-order valence-corrected chi connectivity index (χ2v) is 6.63. The van der Waals surface area contributed by atoms with Gasteiger partial charge in [-0.2, -0.15) is 0 Å². The highest BCUT2D eigenvalue weighted by atomic mass is 14.2. The third-order valence-electron chi connectivity index (χ3n) is 4.66. The van der Waals surface area contributed by atoms with Crippen molar-refractivity contribution in [2.75, 3.05) is 0 Å². The number of allylic oxidation sites excluding steroid dienone is 8. The minimum absolute atomic E-state index is 0.840. The summed E-state index contributed by atoms with van der Waals surface area (Å²) in [5, 5.41) is 0. The van der Waals surface area contributed by atoms with Gasteiger partial charge in [0.25, 0.3) is 0 Å². The molecule has 0 saturated heterocycles. The summed E-state index contributed by atoms with van der Waals surface area (Å²) in [5.74, 6) is 0. The normalized spacial score (nSPS) is 13.7. The highest BCUT2D eigenvalue weighted by molar-refractivity contribution is 5.84. The first kappa shape index (κ1) is 17.0. The summed E-state index contributed by atoms with van der Waals surface area (Å²) >= 11 is 0. The van der Waals surface area contributed by atoms with Crippen LogP contribution in [-0.4, -0.2) is 0 Å². The molecular formula is C25H24. The lowest BCUT2D eigenvalue weighted by Gasteiger charge is -2.15. The van der Waals surface area contributed by atoms with Crippen molar-refractivity contribution in [3.8, 4) is 0 Å². The minimum atomic E-state index is 0.840. The quantitative estimate of drug-likeness (QED) is 0.577. The molecule has 124 valence electrons. The van der Waals surface area contributed by atoms with Gasteiger partial charge in [0.15, 0.2) is 0 Å². The Labute approximate surface area is 151 Å². The van der Waals surface area contributed by atoms with Crippen molar-refractivity contribution < 1.29 is 0 Å². The number of rotatable bonds is 4. The van der Waals surface area contributed by atoms with Gasteiger partial charge >= 0.3 is 0 Å². The maximum atomic E-state index is 4.34. The zero-order valence-corrected chi connectivity index (χ0v) is 15.0. The third-order valence-corrected chi connectivity index (χ3v) is 4.66. The van der Waals surface area contributed by atoms with Crippen LogP contribution in [0.4, 0.5) is 0 Å². The minimum Gasteiger partial charge on any atom is -0.0909 e. The smallest absolute Gasteiger partial charge is 0.00139 e. The number of benzene rings is 2. The summed E-state index contributed by atoms with van der Waals surface area (Å²) in [6, 6.07) is 17.1. The van der Waals surface area contributed by atoms with E-state index in [9.17, 15) is 0 Å². The molecule has 0 nitrogen and oxygen atoms in total. The Morgan fingerprint density at radius 3 is 1.36 bits per heavy atom. The maximum absolute atomic E-state index is 4.34. The summed E-state index contributed by atoms with van der Waals surface area (Å²) in [6.07, 6.45) is 9.34. The van der Waals surface area contributed by atoms with E-state index in [-0.39, 0.29) is 0 Å². The summed E-state index contributed by atoms with van der Waals surface area (Å²) in [7, 11) is 0. The second-order valence-electron chi connectivity index (χ2n) is 6.63. The van der Waals surface area contributed by atoms with Gasteiger partial charge in [0.05, 0.1) is 0 Å². The Balaban J connectivity index is 1.84. The molecule has 0 radical (unpaired) electrons. The fourth-order valence-corrected chi connectivity index (χ4v) is 2.96. The van der Waals surface area contributed by atoms with E-state index in [0.29, 0.717) is 0 Å². The summed E-state index contributed by atoms with van der Waals surface area (Å²) in [5.41, 5.74) is 9.50. The van der Waals surface area contributed by atoms with E-state index in [1.165, 1.54) is 33.4 Å². The topological polar surface area (TPSA) is 0 Å². The van der Waals surface area contributed by atoms with Crippen molar-refractivity contribution in [3.63, 3.8) is 0 Å². The van der Waals surface area contributed by atoms with Gasteiger partial charge in [0.2, 0.25) is 0 Å². The molecule has 0 aliphatic heterocycles. The van der Waals surface area contributed by atoms with Crippen LogP contribution < -0.4 is 0 Å². The number of hydrogen-bond acceptors (Lipinski definition) is 0. The Morgan fingerprint density at radius 1 is 0.640 bits per heavy atom. The molecule has 0 aromatic heterocycles. The summed E-state index contributed by atoms with van der Waals surface area (Å²) < 4.78 is 0. The zero-order valence-electron chi connectivity index (χ0n) is 15.0. The van der Waals surface area contributed by atoms with Crippen molar-refractivity contribution in [1.82, 2.24) is 0 Å². The predicted molar refractivity (Wildman–Crippen MR) is 110 cm³/mol. The van der Waals surface area contributed by atoms with Crippen molar-refractivity contribution in [2.45, 2.75) is 20.3 Å². The lowest BCUT2D eigenvalue weighted by molar-refractivity contribution is 1.23. The van der Waals surface area contributed by atoms with Crippen LogP contribution in [0.1, 0.15) is 28.7 Å². The maximum Gasteiger partial charge on any atom is -0.00139 e. The van der Waals surface area contributed by atoms with Gasteiger partial charge in [-0.15, -0.1) is 0 Å². The molecule has 25 heavy (non-hydrogen) atoms. The molecule has 0 unspecified atom stereocenters. The van der Waals surface area contributed by atoms with E-state index in [2.05, 4.69) is 99.8 Å². The molecule has 0 N–H and O–H groups in total. The Morgan fingerprint density at radius 2 is 1.00 bits per heavy atom. The van der Waals surface area contributed by atoms with E-state index >= 15 is 0 Å². The van der Waals surface area contributed by atoms with Crippen molar-refractivity contribution >= 4 is 11.1 Å². The van der Waals surface area contributed by atoms with Crippen molar-refractivity contribution in [1.29, 1.82) is 0 Å². The molecular weight excluding hydrogens is 300 g/mol. The molecule has 0 amide bonds. The zero-order chi connectivity index (χ0) is 17.8. The molecule has 0 heteroatoms. The second kappa shape index (κ2) is 7.36. The van der Waals surface area contributed by atoms with E-state index in [0.717, 1.165) is 17.6 Å². The van der Waals surface area contributed by atoms with Crippen LogP contribution in [-0.2, 0) is 0 Å². The summed E-state index contributed by atoms with van der Waals surface area (Å²) in [4.78, 5) is 0. The number of aryl methyl sites for hydroxylation is 2. The fourth-order valence-electron chi connectivity index (χ4n) is 2.96. The molecule has 2 aromatic rings. The highest BCUT2D eigenvalue weighted by Crippen LogP contribution is 2.33. The van der Waals surface area contributed by atoms with E-state index in [1.54, 1.807) is 0 Å². The van der Waals surface area contributed by atoms with Gasteiger partial charge in [-0.1, -0.05) is 97.1 Å². The first-order valence-corrected chi connectivity index (χ1v) is 8.63.